The summed E-state index contributed by atoms with van der Waals surface area (Å²) in [6.07, 6.45) is 0. The average Bonchev–Trinajstić information content (AvgIpc) is 3.79. The van der Waals surface area contributed by atoms with Crippen LogP contribution in [-0.4, -0.2) is 13.4 Å². The highest BCUT2D eigenvalue weighted by Crippen LogP contribution is 2.51. The maximum atomic E-state index is 2.58. The summed E-state index contributed by atoms with van der Waals surface area (Å²) in [5.41, 5.74) is 21.4. The lowest BCUT2D eigenvalue weighted by Crippen LogP contribution is -2.56. The maximum Gasteiger partial charge on any atom is 0.249 e. The molecule has 4 heterocycles. The van der Waals surface area contributed by atoms with Gasteiger partial charge < -0.3 is 9.80 Å². The molecular formula is C52H30B2N2. The topological polar surface area (TPSA) is 6.48 Å². The van der Waals surface area contributed by atoms with Gasteiger partial charge in [0.15, 0.2) is 0 Å². The second kappa shape index (κ2) is 10.4. The van der Waals surface area contributed by atoms with Gasteiger partial charge in [-0.15, -0.1) is 0 Å². The van der Waals surface area contributed by atoms with Crippen molar-refractivity contribution >= 4 is 113 Å². The highest BCUT2D eigenvalue weighted by molar-refractivity contribution is 7.04. The zero-order chi connectivity index (χ0) is 36.2. The fourth-order valence-corrected chi connectivity index (χ4v) is 11.5. The normalized spacial score (nSPS) is 13.9. The van der Waals surface area contributed by atoms with E-state index in [9.17, 15) is 0 Å². The molecule has 0 unspecified atom stereocenters. The molecule has 0 bridgehead atoms. The zero-order valence-corrected chi connectivity index (χ0v) is 30.4. The third kappa shape index (κ3) is 3.40. The Kier molecular flexibility index (Phi) is 5.44. The van der Waals surface area contributed by atoms with Crippen LogP contribution < -0.4 is 42.6 Å². The number of benzene rings is 10. The maximum absolute atomic E-state index is 2.58. The number of hydrogen-bond acceptors (Lipinski definition) is 2. The Morgan fingerprint density at radius 1 is 0.286 bits per heavy atom. The molecule has 0 saturated heterocycles. The SMILES string of the molecule is c1ccc(N2c3cccc4c3B(c3ccccc3-4)c3c2c2cccc4c5c(c6cccc3c6c42)N(c2ccccc2)c2cccc3c2B5c2ccccc2-3)cc1. The van der Waals surface area contributed by atoms with Gasteiger partial charge >= 0.3 is 0 Å². The largest absolute Gasteiger partial charge is 0.311 e. The van der Waals surface area contributed by atoms with Gasteiger partial charge in [0.25, 0.3) is 0 Å². The van der Waals surface area contributed by atoms with E-state index < -0.39 is 0 Å². The van der Waals surface area contributed by atoms with Gasteiger partial charge in [0.1, 0.15) is 0 Å². The third-order valence-corrected chi connectivity index (χ3v) is 13.4. The Morgan fingerprint density at radius 2 is 0.661 bits per heavy atom. The van der Waals surface area contributed by atoms with Crippen LogP contribution in [0.15, 0.2) is 182 Å². The van der Waals surface area contributed by atoms with Gasteiger partial charge in [0.2, 0.25) is 13.4 Å². The van der Waals surface area contributed by atoms with Crippen LogP contribution >= 0.6 is 0 Å². The molecule has 0 fully saturated rings. The zero-order valence-electron chi connectivity index (χ0n) is 30.4. The predicted octanol–water partition coefficient (Wildman–Crippen LogP) is 9.14. The molecule has 254 valence electrons. The Bertz CT molecular complexity index is 3050. The molecule has 10 aromatic carbocycles. The quantitative estimate of drug-likeness (QED) is 0.131. The van der Waals surface area contributed by atoms with Gasteiger partial charge in [-0.25, -0.2) is 0 Å². The van der Waals surface area contributed by atoms with Crippen molar-refractivity contribution in [2.24, 2.45) is 0 Å². The summed E-state index contributed by atoms with van der Waals surface area (Å²) >= 11 is 0. The first-order valence-corrected chi connectivity index (χ1v) is 19.8. The summed E-state index contributed by atoms with van der Waals surface area (Å²) in [5, 5.41) is 8.02. The number of nitrogens with zero attached hydrogens (tertiary/aromatic N) is 2. The lowest BCUT2D eigenvalue weighted by Gasteiger charge is -2.40. The molecule has 56 heavy (non-hydrogen) atoms. The predicted molar refractivity (Wildman–Crippen MR) is 240 cm³/mol. The average molecular weight is 704 g/mol. The van der Waals surface area contributed by atoms with Crippen LogP contribution in [0.2, 0.25) is 0 Å². The molecule has 0 amide bonds. The van der Waals surface area contributed by atoms with Crippen molar-refractivity contribution in [2.75, 3.05) is 9.80 Å². The van der Waals surface area contributed by atoms with Crippen molar-refractivity contribution in [3.8, 4) is 22.3 Å². The molecule has 4 heteroatoms. The standard InChI is InChI=1S/C52H30B2N2/c1-3-15-31(16-4-1)55-43-29-13-21-35-33-19-7-9-27-41(33)53(47(35)43)49-37-23-12-26-40-46(37)45-38(24-11-25-39(45)51(49)55)50-52(40)56(32-17-5-2-6-18-32)44-30-14-22-36-34-20-8-10-28-42(34)54(50)48(36)44/h1-30H. The number of rotatable bonds is 2. The lowest BCUT2D eigenvalue weighted by molar-refractivity contribution is 1.31. The molecule has 10 aromatic rings. The van der Waals surface area contributed by atoms with E-state index in [0.717, 1.165) is 0 Å². The molecule has 14 rings (SSSR count). The van der Waals surface area contributed by atoms with E-state index in [1.165, 1.54) is 121 Å². The van der Waals surface area contributed by atoms with Crippen molar-refractivity contribution < 1.29 is 0 Å². The van der Waals surface area contributed by atoms with Crippen LogP contribution in [0, 0.1) is 0 Å². The van der Waals surface area contributed by atoms with Crippen molar-refractivity contribution in [2.45, 2.75) is 0 Å². The fraction of sp³-hybridized carbons (Fsp3) is 0. The van der Waals surface area contributed by atoms with Crippen LogP contribution in [0.1, 0.15) is 0 Å². The highest BCUT2D eigenvalue weighted by Gasteiger charge is 2.47. The minimum Gasteiger partial charge on any atom is -0.311 e. The lowest BCUT2D eigenvalue weighted by atomic mass is 9.35. The summed E-state index contributed by atoms with van der Waals surface area (Å²) in [6, 6.07) is 68.6. The van der Waals surface area contributed by atoms with Gasteiger partial charge in [-0.3, -0.25) is 0 Å². The molecule has 0 atom stereocenters. The van der Waals surface area contributed by atoms with Gasteiger partial charge in [0.05, 0.1) is 0 Å². The van der Waals surface area contributed by atoms with Gasteiger partial charge in [0, 0.05) is 44.9 Å². The summed E-state index contributed by atoms with van der Waals surface area (Å²) in [4.78, 5) is 5.17. The molecular weight excluding hydrogens is 674 g/mol. The molecule has 0 saturated carbocycles. The number of hydrogen-bond donors (Lipinski definition) is 0. The highest BCUT2D eigenvalue weighted by atomic mass is 15.2. The molecule has 0 aliphatic carbocycles. The van der Waals surface area contributed by atoms with E-state index in [-0.39, 0.29) is 13.4 Å². The smallest absolute Gasteiger partial charge is 0.249 e. The Morgan fingerprint density at radius 3 is 1.12 bits per heavy atom. The van der Waals surface area contributed by atoms with E-state index in [0.29, 0.717) is 0 Å². The molecule has 0 spiro atoms. The van der Waals surface area contributed by atoms with Gasteiger partial charge in [-0.1, -0.05) is 157 Å². The second-order valence-electron chi connectivity index (χ2n) is 15.8. The molecule has 0 aromatic heterocycles. The van der Waals surface area contributed by atoms with Gasteiger partial charge in [-0.05, 0) is 102 Å². The molecule has 4 aliphatic rings. The minimum atomic E-state index is 0.118. The van der Waals surface area contributed by atoms with Crippen molar-refractivity contribution in [1.82, 2.24) is 0 Å². The first-order chi connectivity index (χ1) is 27.9. The van der Waals surface area contributed by atoms with E-state index in [4.69, 9.17) is 0 Å². The Balaban J connectivity index is 1.21. The Labute approximate surface area is 325 Å². The van der Waals surface area contributed by atoms with Crippen LogP contribution in [0.4, 0.5) is 34.1 Å². The van der Waals surface area contributed by atoms with Crippen molar-refractivity contribution in [1.29, 1.82) is 0 Å². The molecule has 0 radical (unpaired) electrons. The van der Waals surface area contributed by atoms with Crippen LogP contribution in [-0.2, 0) is 0 Å². The monoisotopic (exact) mass is 704 g/mol. The second-order valence-corrected chi connectivity index (χ2v) is 15.8. The Hall–Kier alpha value is -7.03. The van der Waals surface area contributed by atoms with Crippen molar-refractivity contribution in [3.05, 3.63) is 182 Å². The van der Waals surface area contributed by atoms with Gasteiger partial charge in [-0.2, -0.15) is 0 Å². The van der Waals surface area contributed by atoms with E-state index in [1.54, 1.807) is 0 Å². The first-order valence-electron chi connectivity index (χ1n) is 19.8. The fourth-order valence-electron chi connectivity index (χ4n) is 11.5. The van der Waals surface area contributed by atoms with Crippen LogP contribution in [0.5, 0.6) is 0 Å². The minimum absolute atomic E-state index is 0.118. The van der Waals surface area contributed by atoms with E-state index >= 15 is 0 Å². The summed E-state index contributed by atoms with van der Waals surface area (Å²) in [6.45, 7) is 0.236. The first kappa shape index (κ1) is 29.3. The summed E-state index contributed by atoms with van der Waals surface area (Å²) < 4.78 is 0. The molecule has 4 aliphatic heterocycles. The molecule has 2 nitrogen and oxygen atoms in total. The van der Waals surface area contributed by atoms with Crippen molar-refractivity contribution in [3.63, 3.8) is 0 Å². The van der Waals surface area contributed by atoms with E-state index in [1.807, 2.05) is 0 Å². The van der Waals surface area contributed by atoms with Crippen LogP contribution in [0.3, 0.4) is 0 Å². The summed E-state index contributed by atoms with van der Waals surface area (Å²) in [7, 11) is 0. The number of fused-ring (bicyclic) bond motifs is 14. The van der Waals surface area contributed by atoms with E-state index in [2.05, 4.69) is 192 Å². The molecule has 0 N–H and O–H groups in total. The third-order valence-electron chi connectivity index (χ3n) is 13.4. The summed E-state index contributed by atoms with van der Waals surface area (Å²) in [5.74, 6) is 0. The van der Waals surface area contributed by atoms with Crippen LogP contribution in [0.25, 0.3) is 54.6 Å². The number of para-hydroxylation sites is 2. The number of anilines is 6.